The summed E-state index contributed by atoms with van der Waals surface area (Å²) >= 11 is 0. The molecule has 1 saturated heterocycles. The summed E-state index contributed by atoms with van der Waals surface area (Å²) in [5.41, 5.74) is 0. The molecule has 3 nitrogen and oxygen atoms in total. The smallest absolute Gasteiger partial charge is 0.0909 e. The lowest BCUT2D eigenvalue weighted by Crippen LogP contribution is -2.34. The van der Waals surface area contributed by atoms with Gasteiger partial charge < -0.3 is 5.11 Å². The van der Waals surface area contributed by atoms with Crippen molar-refractivity contribution in [3.05, 3.63) is 12.2 Å². The second kappa shape index (κ2) is 5.74. The summed E-state index contributed by atoms with van der Waals surface area (Å²) in [6.45, 7) is 3.27. The summed E-state index contributed by atoms with van der Waals surface area (Å²) < 4.78 is 0. The Labute approximate surface area is 79.3 Å². The first-order valence-corrected chi connectivity index (χ1v) is 4.74. The Morgan fingerprint density at radius 2 is 2.15 bits per heavy atom. The van der Waals surface area contributed by atoms with Gasteiger partial charge in [0, 0.05) is 19.2 Å². The minimum atomic E-state index is 0.321. The topological polar surface area (TPSA) is 47.3 Å². The molecule has 0 bridgehead atoms. The molecule has 0 saturated carbocycles. The quantitative estimate of drug-likeness (QED) is 0.653. The van der Waals surface area contributed by atoms with Crippen LogP contribution in [0, 0.1) is 17.2 Å². The monoisotopic (exact) mass is 180 g/mol. The maximum atomic E-state index is 8.92. The highest BCUT2D eigenvalue weighted by Gasteiger charge is 2.16. The fourth-order valence-corrected chi connectivity index (χ4v) is 1.61. The molecule has 1 rings (SSSR count). The Kier molecular flexibility index (Phi) is 4.52. The normalized spacial score (nSPS) is 20.6. The van der Waals surface area contributed by atoms with E-state index >= 15 is 0 Å². The molecule has 0 atom stereocenters. The van der Waals surface area contributed by atoms with Crippen LogP contribution >= 0.6 is 0 Å². The fraction of sp³-hybridized carbons (Fsp3) is 0.700. The van der Waals surface area contributed by atoms with Gasteiger partial charge in [0.1, 0.15) is 0 Å². The molecule has 0 aromatic carbocycles. The predicted molar refractivity (Wildman–Crippen MR) is 51.0 cm³/mol. The SMILES string of the molecule is N#CC=CCN1CCC(CO)CC1. The number of hydrogen-bond donors (Lipinski definition) is 1. The summed E-state index contributed by atoms with van der Waals surface area (Å²) in [5.74, 6) is 0.496. The minimum absolute atomic E-state index is 0.321. The van der Waals surface area contributed by atoms with Gasteiger partial charge in [0.15, 0.2) is 0 Å². The van der Waals surface area contributed by atoms with E-state index in [0.29, 0.717) is 12.5 Å². The first kappa shape index (κ1) is 10.2. The van der Waals surface area contributed by atoms with Crippen molar-refractivity contribution in [2.75, 3.05) is 26.2 Å². The standard InChI is InChI=1S/C10H16N2O/c11-5-1-2-6-12-7-3-10(9-13)4-8-12/h1-2,10,13H,3-4,6-9H2. The Hall–Kier alpha value is -0.850. The number of aliphatic hydroxyl groups excluding tert-OH is 1. The van der Waals surface area contributed by atoms with Crippen LogP contribution in [0.15, 0.2) is 12.2 Å². The van der Waals surface area contributed by atoms with Gasteiger partial charge in [-0.15, -0.1) is 0 Å². The second-order valence-electron chi connectivity index (χ2n) is 3.46. The Morgan fingerprint density at radius 1 is 1.46 bits per heavy atom. The number of aliphatic hydroxyl groups is 1. The van der Waals surface area contributed by atoms with Gasteiger partial charge >= 0.3 is 0 Å². The number of allylic oxidation sites excluding steroid dienone is 1. The highest BCUT2D eigenvalue weighted by molar-refractivity contribution is 5.02. The third kappa shape index (κ3) is 3.58. The molecule has 1 fully saturated rings. The van der Waals surface area contributed by atoms with Crippen LogP contribution < -0.4 is 0 Å². The molecule has 0 aromatic rings. The molecule has 72 valence electrons. The van der Waals surface area contributed by atoms with Crippen molar-refractivity contribution in [1.29, 1.82) is 5.26 Å². The predicted octanol–water partition coefficient (Wildman–Crippen LogP) is 0.770. The molecule has 0 radical (unpaired) electrons. The summed E-state index contributed by atoms with van der Waals surface area (Å²) in [7, 11) is 0. The maximum Gasteiger partial charge on any atom is 0.0909 e. The third-order valence-corrected chi connectivity index (χ3v) is 2.52. The van der Waals surface area contributed by atoms with Crippen LogP contribution in [-0.4, -0.2) is 36.2 Å². The second-order valence-corrected chi connectivity index (χ2v) is 3.46. The summed E-state index contributed by atoms with van der Waals surface area (Å²) in [4.78, 5) is 2.31. The van der Waals surface area contributed by atoms with E-state index in [0.717, 1.165) is 32.5 Å². The van der Waals surface area contributed by atoms with Crippen molar-refractivity contribution in [2.45, 2.75) is 12.8 Å². The average Bonchev–Trinajstić information content (AvgIpc) is 2.19. The van der Waals surface area contributed by atoms with Gasteiger partial charge in [-0.1, -0.05) is 6.08 Å². The Morgan fingerprint density at radius 3 is 2.69 bits per heavy atom. The fourth-order valence-electron chi connectivity index (χ4n) is 1.61. The van der Waals surface area contributed by atoms with Crippen LogP contribution in [0.1, 0.15) is 12.8 Å². The molecule has 13 heavy (non-hydrogen) atoms. The van der Waals surface area contributed by atoms with Gasteiger partial charge in [0.05, 0.1) is 6.07 Å². The first-order valence-electron chi connectivity index (χ1n) is 4.74. The van der Waals surface area contributed by atoms with Crippen LogP contribution in [0.2, 0.25) is 0 Å². The van der Waals surface area contributed by atoms with E-state index in [9.17, 15) is 0 Å². The Balaban J connectivity index is 2.18. The largest absolute Gasteiger partial charge is 0.396 e. The maximum absolute atomic E-state index is 8.92. The average molecular weight is 180 g/mol. The summed E-state index contributed by atoms with van der Waals surface area (Å²) in [6.07, 6.45) is 5.57. The van der Waals surface area contributed by atoms with E-state index in [-0.39, 0.29) is 0 Å². The number of nitriles is 1. The van der Waals surface area contributed by atoms with Gasteiger partial charge in [-0.3, -0.25) is 4.90 Å². The molecule has 0 spiro atoms. The van der Waals surface area contributed by atoms with Gasteiger partial charge in [-0.05, 0) is 31.8 Å². The lowest BCUT2D eigenvalue weighted by Gasteiger charge is -2.29. The van der Waals surface area contributed by atoms with E-state index in [1.807, 2.05) is 12.1 Å². The van der Waals surface area contributed by atoms with Gasteiger partial charge in [-0.25, -0.2) is 0 Å². The zero-order valence-corrected chi connectivity index (χ0v) is 7.82. The van der Waals surface area contributed by atoms with Crippen LogP contribution in [0.3, 0.4) is 0 Å². The van der Waals surface area contributed by atoms with Crippen LogP contribution in [0.4, 0.5) is 0 Å². The minimum Gasteiger partial charge on any atom is -0.396 e. The van der Waals surface area contributed by atoms with Crippen molar-refractivity contribution in [2.24, 2.45) is 5.92 Å². The highest BCUT2D eigenvalue weighted by atomic mass is 16.3. The molecular formula is C10H16N2O. The molecule has 0 amide bonds. The third-order valence-electron chi connectivity index (χ3n) is 2.52. The molecule has 0 aromatic heterocycles. The lowest BCUT2D eigenvalue weighted by atomic mass is 9.98. The van der Waals surface area contributed by atoms with Crippen LogP contribution in [0.5, 0.6) is 0 Å². The Bertz CT molecular complexity index is 199. The van der Waals surface area contributed by atoms with E-state index < -0.39 is 0 Å². The van der Waals surface area contributed by atoms with Crippen molar-refractivity contribution < 1.29 is 5.11 Å². The van der Waals surface area contributed by atoms with Crippen molar-refractivity contribution in [3.63, 3.8) is 0 Å². The van der Waals surface area contributed by atoms with E-state index in [1.54, 1.807) is 0 Å². The molecule has 0 unspecified atom stereocenters. The van der Waals surface area contributed by atoms with Gasteiger partial charge in [0.2, 0.25) is 0 Å². The summed E-state index contributed by atoms with van der Waals surface area (Å²) in [5, 5.41) is 17.2. The van der Waals surface area contributed by atoms with Crippen LogP contribution in [0.25, 0.3) is 0 Å². The molecule has 3 heteroatoms. The number of hydrogen-bond acceptors (Lipinski definition) is 3. The van der Waals surface area contributed by atoms with Crippen molar-refractivity contribution in [3.8, 4) is 6.07 Å². The highest BCUT2D eigenvalue weighted by Crippen LogP contribution is 2.15. The molecule has 1 N–H and O–H groups in total. The van der Waals surface area contributed by atoms with Gasteiger partial charge in [0.25, 0.3) is 0 Å². The molecule has 1 heterocycles. The van der Waals surface area contributed by atoms with Gasteiger partial charge in [-0.2, -0.15) is 5.26 Å². The first-order chi connectivity index (χ1) is 6.36. The van der Waals surface area contributed by atoms with E-state index in [2.05, 4.69) is 4.90 Å². The van der Waals surface area contributed by atoms with Crippen LogP contribution in [-0.2, 0) is 0 Å². The molecule has 1 aliphatic heterocycles. The zero-order chi connectivity index (χ0) is 9.52. The van der Waals surface area contributed by atoms with Crippen molar-refractivity contribution in [1.82, 2.24) is 4.90 Å². The lowest BCUT2D eigenvalue weighted by molar-refractivity contribution is 0.139. The van der Waals surface area contributed by atoms with E-state index in [4.69, 9.17) is 10.4 Å². The van der Waals surface area contributed by atoms with E-state index in [1.165, 1.54) is 6.08 Å². The molecular weight excluding hydrogens is 164 g/mol. The summed E-state index contributed by atoms with van der Waals surface area (Å²) in [6, 6.07) is 1.98. The number of likely N-dealkylation sites (tertiary alicyclic amines) is 1. The van der Waals surface area contributed by atoms with Crippen molar-refractivity contribution >= 4 is 0 Å². The number of piperidine rings is 1. The molecule has 0 aliphatic carbocycles. The molecule has 1 aliphatic rings. The number of rotatable bonds is 3. The number of nitrogens with zero attached hydrogens (tertiary/aromatic N) is 2. The zero-order valence-electron chi connectivity index (χ0n) is 7.82.